The first-order valence-corrected chi connectivity index (χ1v) is 8.89. The zero-order chi connectivity index (χ0) is 16.4. The number of halogens is 1. The van der Waals surface area contributed by atoms with E-state index in [1.54, 1.807) is 0 Å². The van der Waals surface area contributed by atoms with Gasteiger partial charge in [0.05, 0.1) is 5.56 Å². The third kappa shape index (κ3) is 3.30. The Morgan fingerprint density at radius 3 is 2.52 bits per heavy atom. The number of unbranched alkanes of at least 4 members (excludes halogenated alkanes) is 1. The van der Waals surface area contributed by atoms with Gasteiger partial charge in [0.15, 0.2) is 0 Å². The van der Waals surface area contributed by atoms with Gasteiger partial charge >= 0.3 is 0 Å². The molecule has 23 heavy (non-hydrogen) atoms. The molecule has 0 unspecified atom stereocenters. The van der Waals surface area contributed by atoms with Gasteiger partial charge in [-0.3, -0.25) is 0 Å². The molecule has 2 nitrogen and oxygen atoms in total. The Hall–Kier alpha value is -1.74. The molecule has 0 fully saturated rings. The van der Waals surface area contributed by atoms with Gasteiger partial charge in [-0.25, -0.2) is 0 Å². The normalized spacial score (nSPS) is 11.1. The van der Waals surface area contributed by atoms with Crippen LogP contribution >= 0.6 is 15.9 Å². The summed E-state index contributed by atoms with van der Waals surface area (Å²) in [4.78, 5) is 2.23. The van der Waals surface area contributed by atoms with Gasteiger partial charge in [-0.15, -0.1) is 0 Å². The van der Waals surface area contributed by atoms with Gasteiger partial charge in [0.25, 0.3) is 0 Å². The lowest BCUT2D eigenvalue weighted by Gasteiger charge is -2.17. The quantitative estimate of drug-likeness (QED) is 0.515. The molecule has 0 radical (unpaired) electrons. The number of aryl methyl sites for hydroxylation is 1. The molecule has 0 saturated carbocycles. The number of furan rings is 1. The highest BCUT2D eigenvalue weighted by atomic mass is 79.9. The first-order valence-electron chi connectivity index (χ1n) is 8.10. The molecule has 0 N–H and O–H groups in total. The predicted molar refractivity (Wildman–Crippen MR) is 102 cm³/mol. The van der Waals surface area contributed by atoms with Crippen LogP contribution in [0, 0.1) is 6.92 Å². The Morgan fingerprint density at radius 2 is 1.83 bits per heavy atom. The highest BCUT2D eigenvalue weighted by Crippen LogP contribution is 2.40. The lowest BCUT2D eigenvalue weighted by Crippen LogP contribution is -2.18. The summed E-state index contributed by atoms with van der Waals surface area (Å²) in [5, 5.41) is 1.19. The molecule has 0 saturated heterocycles. The number of rotatable bonds is 5. The Labute approximate surface area is 146 Å². The minimum absolute atomic E-state index is 0.951. The van der Waals surface area contributed by atoms with E-state index in [0.29, 0.717) is 0 Å². The Balaban J connectivity index is 2.18. The molecule has 0 aliphatic rings. The van der Waals surface area contributed by atoms with Crippen LogP contribution in [-0.4, -0.2) is 13.6 Å². The van der Waals surface area contributed by atoms with E-state index in [9.17, 15) is 0 Å². The molecule has 0 spiro atoms. The van der Waals surface area contributed by atoms with Gasteiger partial charge in [-0.1, -0.05) is 53.0 Å². The van der Waals surface area contributed by atoms with Crippen molar-refractivity contribution in [2.75, 3.05) is 18.5 Å². The molecule has 3 rings (SSSR count). The van der Waals surface area contributed by atoms with Crippen molar-refractivity contribution in [1.29, 1.82) is 0 Å². The number of anilines is 1. The average Bonchev–Trinajstić information content (AvgIpc) is 2.92. The van der Waals surface area contributed by atoms with Crippen LogP contribution in [0.3, 0.4) is 0 Å². The molecular weight excluding hydrogens is 350 g/mol. The first kappa shape index (κ1) is 16.1. The number of nitrogens with zero attached hydrogens (tertiary/aromatic N) is 1. The largest absolute Gasteiger partial charge is 0.440 e. The van der Waals surface area contributed by atoms with Gasteiger partial charge in [0.1, 0.15) is 5.58 Å². The molecule has 2 aromatic carbocycles. The summed E-state index contributed by atoms with van der Waals surface area (Å²) in [7, 11) is 2.11. The fourth-order valence-corrected chi connectivity index (χ4v) is 3.12. The van der Waals surface area contributed by atoms with E-state index in [2.05, 4.69) is 84.2 Å². The van der Waals surface area contributed by atoms with Gasteiger partial charge in [0.2, 0.25) is 5.88 Å². The zero-order valence-electron chi connectivity index (χ0n) is 13.9. The van der Waals surface area contributed by atoms with E-state index in [0.717, 1.165) is 28.9 Å². The van der Waals surface area contributed by atoms with Crippen molar-refractivity contribution in [3.8, 4) is 11.1 Å². The average molecular weight is 372 g/mol. The van der Waals surface area contributed by atoms with E-state index in [4.69, 9.17) is 4.42 Å². The third-order valence-electron chi connectivity index (χ3n) is 4.15. The molecule has 1 aromatic heterocycles. The molecule has 0 atom stereocenters. The number of fused-ring (bicyclic) bond motifs is 1. The van der Waals surface area contributed by atoms with Crippen LogP contribution in [0.1, 0.15) is 25.3 Å². The molecule has 3 aromatic rings. The topological polar surface area (TPSA) is 16.4 Å². The van der Waals surface area contributed by atoms with Crippen molar-refractivity contribution in [1.82, 2.24) is 0 Å². The van der Waals surface area contributed by atoms with Crippen molar-refractivity contribution in [3.63, 3.8) is 0 Å². The number of hydrogen-bond acceptors (Lipinski definition) is 2. The van der Waals surface area contributed by atoms with Crippen LogP contribution in [0.5, 0.6) is 0 Å². The lowest BCUT2D eigenvalue weighted by molar-refractivity contribution is 0.591. The SMILES string of the molecule is CCCCN(C)c1oc2ccc(C)cc2c1-c1ccc(Br)cc1. The van der Waals surface area contributed by atoms with E-state index in [1.807, 2.05) is 0 Å². The van der Waals surface area contributed by atoms with Gasteiger partial charge < -0.3 is 9.32 Å². The third-order valence-corrected chi connectivity index (χ3v) is 4.68. The summed E-state index contributed by atoms with van der Waals surface area (Å²) in [5.74, 6) is 0.960. The summed E-state index contributed by atoms with van der Waals surface area (Å²) in [5.41, 5.74) is 4.58. The van der Waals surface area contributed by atoms with Crippen molar-refractivity contribution in [3.05, 3.63) is 52.5 Å². The van der Waals surface area contributed by atoms with Gasteiger partial charge in [0, 0.05) is 23.5 Å². The fraction of sp³-hybridized carbons (Fsp3) is 0.300. The van der Waals surface area contributed by atoms with E-state index < -0.39 is 0 Å². The van der Waals surface area contributed by atoms with Crippen LogP contribution in [-0.2, 0) is 0 Å². The monoisotopic (exact) mass is 371 g/mol. The first-order chi connectivity index (χ1) is 11.1. The van der Waals surface area contributed by atoms with Crippen molar-refractivity contribution in [2.45, 2.75) is 26.7 Å². The maximum absolute atomic E-state index is 6.21. The van der Waals surface area contributed by atoms with Crippen LogP contribution < -0.4 is 4.90 Å². The Bertz CT molecular complexity index is 804. The van der Waals surface area contributed by atoms with Crippen LogP contribution in [0.4, 0.5) is 5.88 Å². The van der Waals surface area contributed by atoms with Gasteiger partial charge in [-0.2, -0.15) is 0 Å². The minimum atomic E-state index is 0.951. The van der Waals surface area contributed by atoms with Crippen molar-refractivity contribution in [2.24, 2.45) is 0 Å². The lowest BCUT2D eigenvalue weighted by atomic mass is 10.0. The molecule has 0 bridgehead atoms. The number of benzene rings is 2. The second-order valence-electron chi connectivity index (χ2n) is 6.06. The molecule has 0 aliphatic heterocycles. The molecule has 120 valence electrons. The maximum atomic E-state index is 6.21. The zero-order valence-corrected chi connectivity index (χ0v) is 15.5. The predicted octanol–water partition coefficient (Wildman–Crippen LogP) is 6.41. The standard InChI is InChI=1S/C20H22BrNO/c1-4-5-12-22(3)20-19(15-7-9-16(21)10-8-15)17-13-14(2)6-11-18(17)23-20/h6-11,13H,4-5,12H2,1-3H3. The summed E-state index contributed by atoms with van der Waals surface area (Å²) in [6.07, 6.45) is 2.34. The van der Waals surface area contributed by atoms with Crippen LogP contribution in [0.15, 0.2) is 51.4 Å². The Morgan fingerprint density at radius 1 is 1.09 bits per heavy atom. The minimum Gasteiger partial charge on any atom is -0.440 e. The maximum Gasteiger partial charge on any atom is 0.204 e. The Kier molecular flexibility index (Phi) is 4.76. The van der Waals surface area contributed by atoms with Gasteiger partial charge in [-0.05, 0) is 43.2 Å². The van der Waals surface area contributed by atoms with Crippen molar-refractivity contribution >= 4 is 32.8 Å². The second-order valence-corrected chi connectivity index (χ2v) is 6.98. The molecule has 1 heterocycles. The van der Waals surface area contributed by atoms with E-state index in [-0.39, 0.29) is 0 Å². The highest BCUT2D eigenvalue weighted by molar-refractivity contribution is 9.10. The van der Waals surface area contributed by atoms with Crippen LogP contribution in [0.25, 0.3) is 22.1 Å². The van der Waals surface area contributed by atoms with E-state index >= 15 is 0 Å². The number of hydrogen-bond donors (Lipinski definition) is 0. The smallest absolute Gasteiger partial charge is 0.204 e. The molecule has 0 aliphatic carbocycles. The van der Waals surface area contributed by atoms with Crippen LogP contribution in [0.2, 0.25) is 0 Å². The summed E-state index contributed by atoms with van der Waals surface area (Å²) < 4.78 is 7.30. The van der Waals surface area contributed by atoms with E-state index in [1.165, 1.54) is 28.5 Å². The molecular formula is C20H22BrNO. The summed E-state index contributed by atoms with van der Waals surface area (Å²) in [6.45, 7) is 5.34. The second kappa shape index (κ2) is 6.79. The highest BCUT2D eigenvalue weighted by Gasteiger charge is 2.19. The summed E-state index contributed by atoms with van der Waals surface area (Å²) >= 11 is 3.52. The van der Waals surface area contributed by atoms with Crippen molar-refractivity contribution < 1.29 is 4.42 Å². The fourth-order valence-electron chi connectivity index (χ4n) is 2.86. The summed E-state index contributed by atoms with van der Waals surface area (Å²) in [6, 6.07) is 14.9. The molecule has 3 heteroatoms. The molecule has 0 amide bonds.